The Hall–Kier alpha value is -1.79. The second-order valence-electron chi connectivity index (χ2n) is 3.75. The highest BCUT2D eigenvalue weighted by Gasteiger charge is 2.12. The van der Waals surface area contributed by atoms with Gasteiger partial charge in [0.25, 0.3) is 0 Å². The van der Waals surface area contributed by atoms with Gasteiger partial charge in [-0.2, -0.15) is 0 Å². The zero-order chi connectivity index (χ0) is 11.2. The molecule has 1 aliphatic rings. The molecule has 82 valence electrons. The second kappa shape index (κ2) is 5.34. The molecule has 0 bridgehead atoms. The summed E-state index contributed by atoms with van der Waals surface area (Å²) in [6.07, 6.45) is 2.29. The third-order valence-electron chi connectivity index (χ3n) is 2.46. The Balaban J connectivity index is 1.89. The number of nitrogens with zero attached hydrogens (tertiary/aromatic N) is 1. The Morgan fingerprint density at radius 3 is 2.56 bits per heavy atom. The topological polar surface area (TPSA) is 32.3 Å². The number of nitrogens with one attached hydrogen (secondary N) is 1. The van der Waals surface area contributed by atoms with Gasteiger partial charge in [0.05, 0.1) is 0 Å². The van der Waals surface area contributed by atoms with Gasteiger partial charge in [-0.3, -0.25) is 10.2 Å². The summed E-state index contributed by atoms with van der Waals surface area (Å²) in [4.78, 5) is 11.4. The summed E-state index contributed by atoms with van der Waals surface area (Å²) in [6, 6.07) is 9.51. The van der Waals surface area contributed by atoms with E-state index in [2.05, 4.69) is 17.3 Å². The van der Waals surface area contributed by atoms with E-state index < -0.39 is 0 Å². The van der Waals surface area contributed by atoms with E-state index in [4.69, 9.17) is 0 Å². The molecule has 0 radical (unpaired) electrons. The standard InChI is InChI=1S/C13H14N2O/c16-13(14-15-10-4-5-11-15)9-8-12-6-2-1-3-7-12/h1-3,6-7H,4-5,10-11H2,(H,14,16). The summed E-state index contributed by atoms with van der Waals surface area (Å²) in [5.74, 6) is 5.18. The Morgan fingerprint density at radius 1 is 1.19 bits per heavy atom. The molecule has 1 aromatic rings. The van der Waals surface area contributed by atoms with Crippen LogP contribution in [-0.2, 0) is 4.79 Å². The summed E-state index contributed by atoms with van der Waals surface area (Å²) in [5.41, 5.74) is 3.63. The highest BCUT2D eigenvalue weighted by Crippen LogP contribution is 2.03. The van der Waals surface area contributed by atoms with E-state index in [1.165, 1.54) is 0 Å². The molecule has 3 heteroatoms. The van der Waals surface area contributed by atoms with Gasteiger partial charge in [-0.15, -0.1) is 0 Å². The maximum absolute atomic E-state index is 11.4. The molecule has 0 atom stereocenters. The van der Waals surface area contributed by atoms with Crippen LogP contribution in [0, 0.1) is 11.8 Å². The molecule has 1 heterocycles. The van der Waals surface area contributed by atoms with Gasteiger partial charge in [0.15, 0.2) is 0 Å². The predicted molar refractivity (Wildman–Crippen MR) is 62.3 cm³/mol. The van der Waals surface area contributed by atoms with Gasteiger partial charge >= 0.3 is 5.91 Å². The Labute approximate surface area is 95.4 Å². The molecule has 1 aromatic carbocycles. The summed E-state index contributed by atoms with van der Waals surface area (Å²) >= 11 is 0. The first-order valence-corrected chi connectivity index (χ1v) is 5.47. The van der Waals surface area contributed by atoms with Crippen LogP contribution in [0.25, 0.3) is 0 Å². The van der Waals surface area contributed by atoms with Crippen LogP contribution in [0.1, 0.15) is 18.4 Å². The first-order valence-electron chi connectivity index (χ1n) is 5.47. The van der Waals surface area contributed by atoms with Gasteiger partial charge in [-0.1, -0.05) is 24.1 Å². The highest BCUT2D eigenvalue weighted by molar-refractivity contribution is 5.93. The van der Waals surface area contributed by atoms with Gasteiger partial charge in [-0.05, 0) is 25.0 Å². The van der Waals surface area contributed by atoms with E-state index in [9.17, 15) is 4.79 Å². The third-order valence-corrected chi connectivity index (χ3v) is 2.46. The van der Waals surface area contributed by atoms with Crippen LogP contribution in [0.15, 0.2) is 30.3 Å². The van der Waals surface area contributed by atoms with Crippen LogP contribution >= 0.6 is 0 Å². The van der Waals surface area contributed by atoms with Crippen LogP contribution in [0.3, 0.4) is 0 Å². The lowest BCUT2D eigenvalue weighted by atomic mass is 10.2. The van der Waals surface area contributed by atoms with Crippen molar-refractivity contribution in [1.29, 1.82) is 0 Å². The lowest BCUT2D eigenvalue weighted by Crippen LogP contribution is -2.39. The van der Waals surface area contributed by atoms with E-state index >= 15 is 0 Å². The highest BCUT2D eigenvalue weighted by atomic mass is 16.2. The lowest BCUT2D eigenvalue weighted by molar-refractivity contribution is -0.119. The van der Waals surface area contributed by atoms with Gasteiger partial charge < -0.3 is 0 Å². The van der Waals surface area contributed by atoms with Crippen molar-refractivity contribution >= 4 is 5.91 Å². The minimum absolute atomic E-state index is 0.231. The molecular formula is C13H14N2O. The van der Waals surface area contributed by atoms with Crippen LogP contribution in [0.2, 0.25) is 0 Å². The van der Waals surface area contributed by atoms with Crippen molar-refractivity contribution in [2.45, 2.75) is 12.8 Å². The van der Waals surface area contributed by atoms with E-state index in [-0.39, 0.29) is 5.91 Å². The Morgan fingerprint density at radius 2 is 1.88 bits per heavy atom. The molecule has 16 heavy (non-hydrogen) atoms. The Bertz CT molecular complexity index is 411. The van der Waals surface area contributed by atoms with Gasteiger partial charge in [0.1, 0.15) is 0 Å². The van der Waals surface area contributed by atoms with Crippen molar-refractivity contribution in [3.8, 4) is 11.8 Å². The van der Waals surface area contributed by atoms with Crippen molar-refractivity contribution in [1.82, 2.24) is 10.4 Å². The Kier molecular flexibility index (Phi) is 3.58. The quantitative estimate of drug-likeness (QED) is 0.712. The van der Waals surface area contributed by atoms with Crippen molar-refractivity contribution in [3.63, 3.8) is 0 Å². The zero-order valence-electron chi connectivity index (χ0n) is 9.07. The maximum Gasteiger partial charge on any atom is 0.310 e. The number of carbonyl (C=O) groups excluding carboxylic acids is 1. The van der Waals surface area contributed by atoms with E-state index in [1.807, 2.05) is 35.3 Å². The van der Waals surface area contributed by atoms with Crippen molar-refractivity contribution in [2.75, 3.05) is 13.1 Å². The van der Waals surface area contributed by atoms with Gasteiger partial charge in [-0.25, -0.2) is 5.01 Å². The number of benzene rings is 1. The lowest BCUT2D eigenvalue weighted by Gasteiger charge is -2.13. The van der Waals surface area contributed by atoms with Crippen LogP contribution in [0.5, 0.6) is 0 Å². The van der Waals surface area contributed by atoms with E-state index in [0.717, 1.165) is 31.5 Å². The molecule has 1 aliphatic heterocycles. The number of amides is 1. The van der Waals surface area contributed by atoms with Gasteiger partial charge in [0.2, 0.25) is 0 Å². The molecule has 1 N–H and O–H groups in total. The molecule has 0 spiro atoms. The summed E-state index contributed by atoms with van der Waals surface area (Å²) < 4.78 is 0. The van der Waals surface area contributed by atoms with Crippen molar-refractivity contribution in [3.05, 3.63) is 35.9 Å². The van der Waals surface area contributed by atoms with E-state index in [1.54, 1.807) is 0 Å². The first-order chi connectivity index (χ1) is 7.84. The molecule has 3 nitrogen and oxygen atoms in total. The summed E-state index contributed by atoms with van der Waals surface area (Å²) in [6.45, 7) is 1.86. The minimum atomic E-state index is -0.231. The summed E-state index contributed by atoms with van der Waals surface area (Å²) in [5, 5.41) is 1.92. The molecule has 0 aliphatic carbocycles. The molecule has 0 unspecified atom stereocenters. The molecule has 0 saturated carbocycles. The average Bonchev–Trinajstić information content (AvgIpc) is 2.81. The fourth-order valence-electron chi connectivity index (χ4n) is 1.65. The van der Waals surface area contributed by atoms with Gasteiger partial charge in [0, 0.05) is 24.6 Å². The van der Waals surface area contributed by atoms with Crippen molar-refractivity contribution < 1.29 is 4.79 Å². The fourth-order valence-corrected chi connectivity index (χ4v) is 1.65. The number of hydrogen-bond acceptors (Lipinski definition) is 2. The molecule has 1 saturated heterocycles. The molecule has 1 fully saturated rings. The largest absolute Gasteiger partial charge is 0.310 e. The number of carbonyl (C=O) groups is 1. The zero-order valence-corrected chi connectivity index (χ0v) is 9.07. The predicted octanol–water partition coefficient (Wildman–Crippen LogP) is 1.17. The normalized spacial score (nSPS) is 15.2. The minimum Gasteiger partial charge on any atom is -0.278 e. The van der Waals surface area contributed by atoms with Crippen LogP contribution in [-0.4, -0.2) is 24.0 Å². The van der Waals surface area contributed by atoms with E-state index in [0.29, 0.717) is 0 Å². The molecule has 2 rings (SSSR count). The number of rotatable bonds is 1. The summed E-state index contributed by atoms with van der Waals surface area (Å²) in [7, 11) is 0. The number of hydrazine groups is 1. The molecular weight excluding hydrogens is 200 g/mol. The fraction of sp³-hybridized carbons (Fsp3) is 0.308. The second-order valence-corrected chi connectivity index (χ2v) is 3.75. The third kappa shape index (κ3) is 3.11. The first kappa shape index (κ1) is 10.7. The van der Waals surface area contributed by atoms with Crippen LogP contribution < -0.4 is 5.43 Å². The monoisotopic (exact) mass is 214 g/mol. The smallest absolute Gasteiger partial charge is 0.278 e. The van der Waals surface area contributed by atoms with Crippen molar-refractivity contribution in [2.24, 2.45) is 0 Å². The molecule has 0 aromatic heterocycles. The number of hydrogen-bond donors (Lipinski definition) is 1. The SMILES string of the molecule is O=C(C#Cc1ccccc1)NN1CCCC1. The average molecular weight is 214 g/mol. The maximum atomic E-state index is 11.4. The molecule has 1 amide bonds. The van der Waals surface area contributed by atoms with Crippen LogP contribution in [0.4, 0.5) is 0 Å².